The van der Waals surface area contributed by atoms with Crippen molar-refractivity contribution in [3.8, 4) is 0 Å². The van der Waals surface area contributed by atoms with E-state index in [2.05, 4.69) is 5.32 Å². The highest BCUT2D eigenvalue weighted by atomic mass is 16.4. The Morgan fingerprint density at radius 1 is 1.53 bits per heavy atom. The molecule has 0 aliphatic rings. The number of rotatable bonds is 4. The number of anilines is 1. The van der Waals surface area contributed by atoms with Gasteiger partial charge in [0.15, 0.2) is 5.88 Å². The van der Waals surface area contributed by atoms with Crippen molar-refractivity contribution >= 4 is 11.8 Å². The van der Waals surface area contributed by atoms with Crippen LogP contribution in [0, 0.1) is 12.3 Å². The van der Waals surface area contributed by atoms with Crippen LogP contribution >= 0.6 is 0 Å². The van der Waals surface area contributed by atoms with Gasteiger partial charge in [0.25, 0.3) is 0 Å². The summed E-state index contributed by atoms with van der Waals surface area (Å²) in [6.07, 6.45) is 0.651. The van der Waals surface area contributed by atoms with Crippen molar-refractivity contribution in [2.45, 2.75) is 27.2 Å². The summed E-state index contributed by atoms with van der Waals surface area (Å²) in [6, 6.07) is 3.55. The highest BCUT2D eigenvalue weighted by molar-refractivity contribution is 5.93. The minimum absolute atomic E-state index is 0.0673. The number of nitrogens with one attached hydrogen (secondary N) is 1. The molecule has 0 unspecified atom stereocenters. The summed E-state index contributed by atoms with van der Waals surface area (Å²) in [6.45, 7) is 6.06. The molecule has 3 N–H and O–H groups in total. The monoisotopic (exact) mass is 210 g/mol. The molecule has 4 heteroatoms. The molecule has 0 fully saturated rings. The molecular weight excluding hydrogens is 192 g/mol. The Morgan fingerprint density at radius 3 is 2.67 bits per heavy atom. The topological polar surface area (TPSA) is 68.3 Å². The van der Waals surface area contributed by atoms with Crippen LogP contribution in [0.5, 0.6) is 0 Å². The number of carbonyl (C=O) groups is 1. The minimum Gasteiger partial charge on any atom is -0.446 e. The number of hydrogen-bond donors (Lipinski definition) is 2. The number of carbonyl (C=O) groups excluding carboxylic acids is 1. The molecule has 0 bridgehead atoms. The zero-order chi connectivity index (χ0) is 11.5. The normalized spacial score (nSPS) is 11.5. The van der Waals surface area contributed by atoms with Crippen molar-refractivity contribution in [2.75, 3.05) is 11.9 Å². The molecule has 0 aromatic carbocycles. The van der Waals surface area contributed by atoms with Crippen molar-refractivity contribution < 1.29 is 9.21 Å². The summed E-state index contributed by atoms with van der Waals surface area (Å²) < 4.78 is 5.26. The van der Waals surface area contributed by atoms with Crippen LogP contribution in [0.2, 0.25) is 0 Å². The summed E-state index contributed by atoms with van der Waals surface area (Å²) in [5.41, 5.74) is 4.98. The lowest BCUT2D eigenvalue weighted by atomic mass is 9.88. The molecule has 1 amide bonds. The average molecular weight is 210 g/mol. The van der Waals surface area contributed by atoms with E-state index in [1.165, 1.54) is 0 Å². The number of hydrogen-bond acceptors (Lipinski definition) is 3. The van der Waals surface area contributed by atoms with Crippen molar-refractivity contribution in [3.63, 3.8) is 0 Å². The lowest BCUT2D eigenvalue weighted by Crippen LogP contribution is -2.32. The van der Waals surface area contributed by atoms with E-state index >= 15 is 0 Å². The van der Waals surface area contributed by atoms with Gasteiger partial charge in [-0.3, -0.25) is 10.1 Å². The summed E-state index contributed by atoms with van der Waals surface area (Å²) in [4.78, 5) is 11.8. The molecule has 0 saturated heterocycles. The van der Waals surface area contributed by atoms with Crippen LogP contribution in [-0.4, -0.2) is 12.5 Å². The molecule has 1 aromatic heterocycles. The first-order chi connectivity index (χ1) is 6.95. The van der Waals surface area contributed by atoms with Gasteiger partial charge in [0.05, 0.1) is 0 Å². The van der Waals surface area contributed by atoms with Crippen LogP contribution in [0.25, 0.3) is 0 Å². The molecule has 84 valence electrons. The number of aryl methyl sites for hydroxylation is 1. The summed E-state index contributed by atoms with van der Waals surface area (Å²) in [5, 5.41) is 2.73. The first-order valence-electron chi connectivity index (χ1n) is 5.03. The van der Waals surface area contributed by atoms with Crippen molar-refractivity contribution in [1.29, 1.82) is 0 Å². The second-order valence-electron chi connectivity index (χ2n) is 4.29. The number of furan rings is 1. The van der Waals surface area contributed by atoms with Gasteiger partial charge in [-0.1, -0.05) is 13.8 Å². The van der Waals surface area contributed by atoms with Gasteiger partial charge in [0.2, 0.25) is 5.91 Å². The molecule has 0 aliphatic heterocycles. The lowest BCUT2D eigenvalue weighted by Gasteiger charge is -2.21. The SMILES string of the molecule is Cc1ccc(NC(=O)C(C)(C)CCN)o1. The predicted octanol–water partition coefficient (Wildman–Crippen LogP) is 1.90. The van der Waals surface area contributed by atoms with E-state index in [9.17, 15) is 4.79 Å². The van der Waals surface area contributed by atoms with E-state index in [4.69, 9.17) is 10.2 Å². The molecule has 1 aromatic rings. The Morgan fingerprint density at radius 2 is 2.20 bits per heavy atom. The van der Waals surface area contributed by atoms with Crippen LogP contribution in [-0.2, 0) is 4.79 Å². The van der Waals surface area contributed by atoms with Gasteiger partial charge in [-0.05, 0) is 26.0 Å². The third kappa shape index (κ3) is 3.09. The van der Waals surface area contributed by atoms with Crippen molar-refractivity contribution in [2.24, 2.45) is 11.1 Å². The molecule has 0 saturated carbocycles. The maximum absolute atomic E-state index is 11.8. The van der Waals surface area contributed by atoms with E-state index in [1.54, 1.807) is 6.07 Å². The maximum atomic E-state index is 11.8. The fourth-order valence-electron chi connectivity index (χ4n) is 1.26. The van der Waals surface area contributed by atoms with Gasteiger partial charge >= 0.3 is 0 Å². The summed E-state index contributed by atoms with van der Waals surface area (Å²) >= 11 is 0. The molecule has 1 heterocycles. The smallest absolute Gasteiger partial charge is 0.232 e. The molecule has 0 aliphatic carbocycles. The first-order valence-corrected chi connectivity index (χ1v) is 5.03. The summed E-state index contributed by atoms with van der Waals surface area (Å²) in [5.74, 6) is 1.20. The van der Waals surface area contributed by atoms with Gasteiger partial charge in [0, 0.05) is 11.5 Å². The van der Waals surface area contributed by atoms with E-state index in [0.29, 0.717) is 18.8 Å². The Labute approximate surface area is 89.8 Å². The first kappa shape index (κ1) is 11.8. The molecule has 15 heavy (non-hydrogen) atoms. The fourth-order valence-corrected chi connectivity index (χ4v) is 1.26. The second kappa shape index (κ2) is 4.49. The fraction of sp³-hybridized carbons (Fsp3) is 0.545. The molecule has 0 radical (unpaired) electrons. The average Bonchev–Trinajstić information content (AvgIpc) is 2.51. The van der Waals surface area contributed by atoms with Gasteiger partial charge in [-0.15, -0.1) is 0 Å². The highest BCUT2D eigenvalue weighted by Gasteiger charge is 2.27. The van der Waals surface area contributed by atoms with Crippen LogP contribution in [0.1, 0.15) is 26.0 Å². The zero-order valence-corrected chi connectivity index (χ0v) is 9.46. The van der Waals surface area contributed by atoms with E-state index in [-0.39, 0.29) is 5.91 Å². The van der Waals surface area contributed by atoms with Gasteiger partial charge in [-0.2, -0.15) is 0 Å². The highest BCUT2D eigenvalue weighted by Crippen LogP contribution is 2.22. The summed E-state index contributed by atoms with van der Waals surface area (Å²) in [7, 11) is 0. The molecule has 1 rings (SSSR count). The standard InChI is InChI=1S/C11H18N2O2/c1-8-4-5-9(15-8)13-10(14)11(2,3)6-7-12/h4-5H,6-7,12H2,1-3H3,(H,13,14). The quantitative estimate of drug-likeness (QED) is 0.797. The molecule has 4 nitrogen and oxygen atoms in total. The van der Waals surface area contributed by atoms with Gasteiger partial charge < -0.3 is 10.2 Å². The third-order valence-electron chi connectivity index (χ3n) is 2.36. The van der Waals surface area contributed by atoms with Crippen LogP contribution in [0.15, 0.2) is 16.5 Å². The van der Waals surface area contributed by atoms with Gasteiger partial charge in [-0.25, -0.2) is 0 Å². The largest absolute Gasteiger partial charge is 0.446 e. The Balaban J connectivity index is 2.63. The third-order valence-corrected chi connectivity index (χ3v) is 2.36. The van der Waals surface area contributed by atoms with Crippen LogP contribution in [0.3, 0.4) is 0 Å². The van der Waals surface area contributed by atoms with Crippen LogP contribution < -0.4 is 11.1 Å². The van der Waals surface area contributed by atoms with Gasteiger partial charge in [0.1, 0.15) is 5.76 Å². The minimum atomic E-state index is -0.463. The molecule has 0 spiro atoms. The molecule has 0 atom stereocenters. The maximum Gasteiger partial charge on any atom is 0.232 e. The number of nitrogens with two attached hydrogens (primary N) is 1. The van der Waals surface area contributed by atoms with Crippen molar-refractivity contribution in [1.82, 2.24) is 0 Å². The zero-order valence-electron chi connectivity index (χ0n) is 9.46. The second-order valence-corrected chi connectivity index (χ2v) is 4.29. The molecular formula is C11H18N2O2. The Kier molecular flexibility index (Phi) is 3.52. The van der Waals surface area contributed by atoms with E-state index in [0.717, 1.165) is 5.76 Å². The number of amides is 1. The van der Waals surface area contributed by atoms with E-state index in [1.807, 2.05) is 26.8 Å². The van der Waals surface area contributed by atoms with E-state index < -0.39 is 5.41 Å². The Hall–Kier alpha value is -1.29. The Bertz CT molecular complexity index is 342. The lowest BCUT2D eigenvalue weighted by molar-refractivity contribution is -0.124. The predicted molar refractivity (Wildman–Crippen MR) is 59.5 cm³/mol. The van der Waals surface area contributed by atoms with Crippen molar-refractivity contribution in [3.05, 3.63) is 17.9 Å². The van der Waals surface area contributed by atoms with Crippen LogP contribution in [0.4, 0.5) is 5.88 Å².